The molecule has 0 atom stereocenters. The lowest BCUT2D eigenvalue weighted by atomic mass is 10.2. The Labute approximate surface area is 108 Å². The number of benzene rings is 1. The molecule has 0 bridgehead atoms. The second-order valence-electron chi connectivity index (χ2n) is 3.75. The molecule has 0 saturated heterocycles. The summed E-state index contributed by atoms with van der Waals surface area (Å²) in [6, 6.07) is 3.81. The van der Waals surface area contributed by atoms with Gasteiger partial charge in [0.25, 0.3) is 5.91 Å². The number of carbonyl (C=O) groups excluding carboxylic acids is 1. The van der Waals surface area contributed by atoms with E-state index in [1.807, 2.05) is 6.92 Å². The summed E-state index contributed by atoms with van der Waals surface area (Å²) >= 11 is 1.49. The van der Waals surface area contributed by atoms with E-state index in [0.717, 1.165) is 9.88 Å². The van der Waals surface area contributed by atoms with Gasteiger partial charge in [-0.05, 0) is 25.1 Å². The molecule has 0 aliphatic heterocycles. The van der Waals surface area contributed by atoms with Crippen molar-refractivity contribution < 1.29 is 15.0 Å². The zero-order valence-electron chi connectivity index (χ0n) is 9.67. The SMILES string of the molecule is Cc1cnc(CNC(=O)c2cc(O)ccc2O)s1. The van der Waals surface area contributed by atoms with E-state index in [9.17, 15) is 15.0 Å². The first-order valence-electron chi connectivity index (χ1n) is 5.28. The number of thiazole rings is 1. The number of aryl methyl sites for hydroxylation is 1. The fourth-order valence-electron chi connectivity index (χ4n) is 1.44. The number of phenols is 2. The number of phenolic OH excluding ortho intramolecular Hbond substituents is 2. The maximum Gasteiger partial charge on any atom is 0.255 e. The van der Waals surface area contributed by atoms with Crippen LogP contribution in [0.25, 0.3) is 0 Å². The third kappa shape index (κ3) is 2.78. The van der Waals surface area contributed by atoms with Gasteiger partial charge in [-0.2, -0.15) is 0 Å². The van der Waals surface area contributed by atoms with Crippen molar-refractivity contribution >= 4 is 17.2 Å². The van der Waals surface area contributed by atoms with Crippen LogP contribution in [-0.2, 0) is 6.54 Å². The third-order valence-electron chi connectivity index (χ3n) is 2.29. The van der Waals surface area contributed by atoms with E-state index in [2.05, 4.69) is 10.3 Å². The van der Waals surface area contributed by atoms with Crippen molar-refractivity contribution in [3.8, 4) is 11.5 Å². The van der Waals surface area contributed by atoms with Gasteiger partial charge in [0.05, 0.1) is 12.1 Å². The van der Waals surface area contributed by atoms with E-state index in [4.69, 9.17) is 0 Å². The summed E-state index contributed by atoms with van der Waals surface area (Å²) in [5.74, 6) is -0.681. The predicted molar refractivity (Wildman–Crippen MR) is 67.8 cm³/mol. The minimum Gasteiger partial charge on any atom is -0.508 e. The average Bonchev–Trinajstić information content (AvgIpc) is 2.75. The maximum atomic E-state index is 11.8. The van der Waals surface area contributed by atoms with Crippen molar-refractivity contribution in [2.45, 2.75) is 13.5 Å². The first kappa shape index (κ1) is 12.4. The summed E-state index contributed by atoms with van der Waals surface area (Å²) in [7, 11) is 0. The Morgan fingerprint density at radius 2 is 2.22 bits per heavy atom. The molecule has 94 valence electrons. The van der Waals surface area contributed by atoms with Gasteiger partial charge in [-0.3, -0.25) is 4.79 Å². The zero-order valence-corrected chi connectivity index (χ0v) is 10.5. The Kier molecular flexibility index (Phi) is 3.47. The molecular weight excluding hydrogens is 252 g/mol. The van der Waals surface area contributed by atoms with Crippen LogP contribution in [0.4, 0.5) is 0 Å². The van der Waals surface area contributed by atoms with Gasteiger partial charge < -0.3 is 15.5 Å². The molecule has 3 N–H and O–H groups in total. The van der Waals surface area contributed by atoms with Crippen LogP contribution < -0.4 is 5.32 Å². The largest absolute Gasteiger partial charge is 0.508 e. The molecule has 2 rings (SSSR count). The van der Waals surface area contributed by atoms with E-state index in [-0.39, 0.29) is 17.1 Å². The number of aromatic hydroxyl groups is 2. The summed E-state index contributed by atoms with van der Waals surface area (Å²) in [4.78, 5) is 17.0. The molecule has 0 radical (unpaired) electrons. The van der Waals surface area contributed by atoms with Gasteiger partial charge in [0.1, 0.15) is 16.5 Å². The van der Waals surface area contributed by atoms with E-state index >= 15 is 0 Å². The number of nitrogens with zero attached hydrogens (tertiary/aromatic N) is 1. The number of hydrogen-bond donors (Lipinski definition) is 3. The highest BCUT2D eigenvalue weighted by Gasteiger charge is 2.12. The number of rotatable bonds is 3. The zero-order chi connectivity index (χ0) is 13.1. The van der Waals surface area contributed by atoms with Crippen LogP contribution in [0.3, 0.4) is 0 Å². The average molecular weight is 264 g/mol. The van der Waals surface area contributed by atoms with Gasteiger partial charge in [0.2, 0.25) is 0 Å². The summed E-state index contributed by atoms with van der Waals surface area (Å²) in [6.45, 7) is 2.23. The third-order valence-corrected chi connectivity index (χ3v) is 3.21. The number of carbonyl (C=O) groups is 1. The monoisotopic (exact) mass is 264 g/mol. The van der Waals surface area contributed by atoms with Crippen LogP contribution in [0.15, 0.2) is 24.4 Å². The highest BCUT2D eigenvalue weighted by Crippen LogP contribution is 2.22. The van der Waals surface area contributed by atoms with Gasteiger partial charge in [0.15, 0.2) is 0 Å². The Morgan fingerprint density at radius 1 is 1.44 bits per heavy atom. The Balaban J connectivity index is 2.05. The first-order valence-corrected chi connectivity index (χ1v) is 6.09. The minimum atomic E-state index is -0.448. The molecular formula is C12H12N2O3S. The normalized spacial score (nSPS) is 10.3. The van der Waals surface area contributed by atoms with Crippen molar-refractivity contribution in [2.24, 2.45) is 0 Å². The van der Waals surface area contributed by atoms with Crippen molar-refractivity contribution in [1.82, 2.24) is 10.3 Å². The van der Waals surface area contributed by atoms with Crippen molar-refractivity contribution in [3.63, 3.8) is 0 Å². The smallest absolute Gasteiger partial charge is 0.255 e. The van der Waals surface area contributed by atoms with Crippen LogP contribution in [0.5, 0.6) is 11.5 Å². The van der Waals surface area contributed by atoms with Crippen LogP contribution in [0, 0.1) is 6.92 Å². The molecule has 18 heavy (non-hydrogen) atoms. The molecule has 2 aromatic rings. The molecule has 0 saturated carbocycles. The van der Waals surface area contributed by atoms with E-state index in [0.29, 0.717) is 6.54 Å². The van der Waals surface area contributed by atoms with Crippen molar-refractivity contribution in [3.05, 3.63) is 39.8 Å². The van der Waals surface area contributed by atoms with Gasteiger partial charge in [-0.25, -0.2) is 4.98 Å². The van der Waals surface area contributed by atoms with Gasteiger partial charge >= 0.3 is 0 Å². The van der Waals surface area contributed by atoms with E-state index < -0.39 is 5.91 Å². The molecule has 0 spiro atoms. The van der Waals surface area contributed by atoms with Crippen LogP contribution in [0.2, 0.25) is 0 Å². The maximum absolute atomic E-state index is 11.8. The number of nitrogens with one attached hydrogen (secondary N) is 1. The molecule has 1 aromatic heterocycles. The topological polar surface area (TPSA) is 82.5 Å². The first-order chi connectivity index (χ1) is 8.56. The molecule has 0 fully saturated rings. The molecule has 1 aromatic carbocycles. The van der Waals surface area contributed by atoms with E-state index in [1.165, 1.54) is 29.5 Å². The summed E-state index contributed by atoms with van der Waals surface area (Å²) in [5, 5.41) is 22.2. The molecule has 5 nitrogen and oxygen atoms in total. The van der Waals surface area contributed by atoms with Gasteiger partial charge in [-0.15, -0.1) is 11.3 Å². The van der Waals surface area contributed by atoms with Gasteiger partial charge in [0, 0.05) is 11.1 Å². The van der Waals surface area contributed by atoms with Crippen molar-refractivity contribution in [2.75, 3.05) is 0 Å². The van der Waals surface area contributed by atoms with Crippen LogP contribution >= 0.6 is 11.3 Å². The predicted octanol–water partition coefficient (Wildman–Crippen LogP) is 1.79. The second-order valence-corrected chi connectivity index (χ2v) is 5.07. The molecule has 0 unspecified atom stereocenters. The molecule has 0 aliphatic carbocycles. The fraction of sp³-hybridized carbons (Fsp3) is 0.167. The summed E-state index contributed by atoms with van der Waals surface area (Å²) in [5.41, 5.74) is 0.0447. The number of aromatic nitrogens is 1. The minimum absolute atomic E-state index is 0.0447. The molecule has 0 aliphatic rings. The van der Waals surface area contributed by atoms with Crippen LogP contribution in [-0.4, -0.2) is 21.1 Å². The molecule has 6 heteroatoms. The van der Waals surface area contributed by atoms with Crippen molar-refractivity contribution in [1.29, 1.82) is 0 Å². The van der Waals surface area contributed by atoms with Gasteiger partial charge in [-0.1, -0.05) is 0 Å². The number of hydrogen-bond acceptors (Lipinski definition) is 5. The van der Waals surface area contributed by atoms with Crippen LogP contribution in [0.1, 0.15) is 20.2 Å². The Morgan fingerprint density at radius 3 is 2.89 bits per heavy atom. The highest BCUT2D eigenvalue weighted by molar-refractivity contribution is 7.11. The standard InChI is InChI=1S/C12H12N2O3S/c1-7-5-13-11(18-7)6-14-12(17)9-4-8(15)2-3-10(9)16/h2-5,15-16H,6H2,1H3,(H,14,17). The Hall–Kier alpha value is -2.08. The highest BCUT2D eigenvalue weighted by atomic mass is 32.1. The Bertz CT molecular complexity index is 580. The fourth-order valence-corrected chi connectivity index (χ4v) is 2.17. The lowest BCUT2D eigenvalue weighted by Gasteiger charge is -2.05. The summed E-state index contributed by atoms with van der Waals surface area (Å²) < 4.78 is 0. The second kappa shape index (κ2) is 5.05. The lowest BCUT2D eigenvalue weighted by molar-refractivity contribution is 0.0948. The van der Waals surface area contributed by atoms with E-state index in [1.54, 1.807) is 6.20 Å². The summed E-state index contributed by atoms with van der Waals surface area (Å²) in [6.07, 6.45) is 1.73. The molecule has 1 amide bonds. The number of amides is 1. The quantitative estimate of drug-likeness (QED) is 0.738. The molecule has 1 heterocycles. The lowest BCUT2D eigenvalue weighted by Crippen LogP contribution is -2.22.